The molecule has 0 spiro atoms. The third-order valence-corrected chi connectivity index (χ3v) is 5.92. The summed E-state index contributed by atoms with van der Waals surface area (Å²) in [5.41, 5.74) is 5.00. The molecule has 2 fully saturated rings. The molecule has 0 atom stereocenters. The smallest absolute Gasteiger partial charge is 0.235 e. The number of thiocarbonyl (C=S) groups is 1. The lowest BCUT2D eigenvalue weighted by molar-refractivity contribution is -0.143. The third kappa shape index (κ3) is 3.36. The normalized spacial score (nSPS) is 23.8. The summed E-state index contributed by atoms with van der Waals surface area (Å²) in [7, 11) is -3.21. The predicted octanol–water partition coefficient (Wildman–Crippen LogP) is -0.827. The maximum Gasteiger partial charge on any atom is 0.235 e. The Morgan fingerprint density at radius 1 is 1.19 bits per heavy atom. The average Bonchev–Trinajstić information content (AvgIpc) is 2.46. The van der Waals surface area contributed by atoms with Crippen molar-refractivity contribution in [2.45, 2.75) is 12.8 Å². The Bertz CT molecular complexity index is 521. The standard InChI is InChI=1S/C12H21N3O4S2/c1-21(17,18)15-6-4-14(5-7-15)11(16)12(10(13)20)2-8-19-9-3-12/h2-9H2,1H3,(H2,13,20). The van der Waals surface area contributed by atoms with Crippen molar-refractivity contribution in [3.05, 3.63) is 0 Å². The van der Waals surface area contributed by atoms with Crippen molar-refractivity contribution in [2.75, 3.05) is 45.6 Å². The molecule has 0 bridgehead atoms. The van der Waals surface area contributed by atoms with Crippen LogP contribution in [-0.2, 0) is 19.6 Å². The van der Waals surface area contributed by atoms with Gasteiger partial charge in [0.25, 0.3) is 0 Å². The summed E-state index contributed by atoms with van der Waals surface area (Å²) in [6.07, 6.45) is 2.17. The summed E-state index contributed by atoms with van der Waals surface area (Å²) >= 11 is 5.12. The van der Waals surface area contributed by atoms with Crippen LogP contribution in [0.2, 0.25) is 0 Å². The summed E-state index contributed by atoms with van der Waals surface area (Å²) in [5.74, 6) is -0.0912. The van der Waals surface area contributed by atoms with Crippen LogP contribution in [-0.4, -0.2) is 74.2 Å². The molecule has 2 saturated heterocycles. The van der Waals surface area contributed by atoms with Gasteiger partial charge in [0.2, 0.25) is 15.9 Å². The summed E-state index contributed by atoms with van der Waals surface area (Å²) in [6.45, 7) is 2.30. The van der Waals surface area contributed by atoms with Crippen molar-refractivity contribution in [2.24, 2.45) is 11.1 Å². The van der Waals surface area contributed by atoms with E-state index in [1.807, 2.05) is 0 Å². The van der Waals surface area contributed by atoms with E-state index in [0.717, 1.165) is 0 Å². The van der Waals surface area contributed by atoms with Gasteiger partial charge in [0.1, 0.15) is 5.41 Å². The molecule has 0 unspecified atom stereocenters. The Hall–Kier alpha value is -0.770. The van der Waals surface area contributed by atoms with Crippen molar-refractivity contribution in [1.29, 1.82) is 0 Å². The van der Waals surface area contributed by atoms with E-state index in [0.29, 0.717) is 52.2 Å². The van der Waals surface area contributed by atoms with Gasteiger partial charge >= 0.3 is 0 Å². The van der Waals surface area contributed by atoms with Gasteiger partial charge < -0.3 is 15.4 Å². The fourth-order valence-corrected chi connectivity index (χ4v) is 3.93. The minimum absolute atomic E-state index is 0.0912. The van der Waals surface area contributed by atoms with Gasteiger partial charge in [-0.2, -0.15) is 4.31 Å². The largest absolute Gasteiger partial charge is 0.392 e. The van der Waals surface area contributed by atoms with Crippen LogP contribution in [0.5, 0.6) is 0 Å². The van der Waals surface area contributed by atoms with Gasteiger partial charge in [0.15, 0.2) is 0 Å². The van der Waals surface area contributed by atoms with Crippen molar-refractivity contribution >= 4 is 33.1 Å². The van der Waals surface area contributed by atoms with Gasteiger partial charge in [0, 0.05) is 39.4 Å². The molecule has 0 aromatic heterocycles. The van der Waals surface area contributed by atoms with Crippen LogP contribution >= 0.6 is 12.2 Å². The minimum atomic E-state index is -3.21. The molecule has 2 heterocycles. The maximum absolute atomic E-state index is 12.8. The van der Waals surface area contributed by atoms with Crippen LogP contribution in [0.4, 0.5) is 0 Å². The van der Waals surface area contributed by atoms with E-state index < -0.39 is 15.4 Å². The lowest BCUT2D eigenvalue weighted by atomic mass is 9.78. The van der Waals surface area contributed by atoms with E-state index >= 15 is 0 Å². The minimum Gasteiger partial charge on any atom is -0.392 e. The number of nitrogens with two attached hydrogens (primary N) is 1. The molecule has 120 valence electrons. The second kappa shape index (κ2) is 6.15. The van der Waals surface area contributed by atoms with E-state index in [-0.39, 0.29) is 10.9 Å². The molecule has 0 aromatic carbocycles. The van der Waals surface area contributed by atoms with Gasteiger partial charge in [-0.3, -0.25) is 4.79 Å². The lowest BCUT2D eigenvalue weighted by Gasteiger charge is -2.41. The highest BCUT2D eigenvalue weighted by Crippen LogP contribution is 2.33. The van der Waals surface area contributed by atoms with E-state index in [2.05, 4.69) is 0 Å². The van der Waals surface area contributed by atoms with E-state index in [9.17, 15) is 13.2 Å². The zero-order valence-corrected chi connectivity index (χ0v) is 13.7. The first-order chi connectivity index (χ1) is 9.77. The maximum atomic E-state index is 12.8. The first-order valence-electron chi connectivity index (χ1n) is 6.89. The quantitative estimate of drug-likeness (QED) is 0.677. The monoisotopic (exact) mass is 335 g/mol. The van der Waals surface area contributed by atoms with Crippen molar-refractivity contribution in [3.63, 3.8) is 0 Å². The van der Waals surface area contributed by atoms with Gasteiger partial charge in [-0.05, 0) is 12.8 Å². The van der Waals surface area contributed by atoms with Gasteiger partial charge in [0.05, 0.1) is 11.2 Å². The van der Waals surface area contributed by atoms with Gasteiger partial charge in [-0.25, -0.2) is 8.42 Å². The Morgan fingerprint density at radius 3 is 2.14 bits per heavy atom. The average molecular weight is 335 g/mol. The van der Waals surface area contributed by atoms with E-state index in [4.69, 9.17) is 22.7 Å². The summed E-state index contributed by atoms with van der Waals surface area (Å²) in [6, 6.07) is 0. The van der Waals surface area contributed by atoms with Gasteiger partial charge in [-0.1, -0.05) is 12.2 Å². The van der Waals surface area contributed by atoms with Crippen LogP contribution in [0.15, 0.2) is 0 Å². The SMILES string of the molecule is CS(=O)(=O)N1CCN(C(=O)C2(C(N)=S)CCOCC2)CC1. The number of piperazine rings is 1. The predicted molar refractivity (Wildman–Crippen MR) is 82.3 cm³/mol. The Balaban J connectivity index is 2.08. The molecule has 7 nitrogen and oxygen atoms in total. The fourth-order valence-electron chi connectivity index (χ4n) is 2.81. The molecule has 0 aromatic rings. The van der Waals surface area contributed by atoms with E-state index in [1.54, 1.807) is 4.90 Å². The number of hydrogen-bond donors (Lipinski definition) is 1. The molecular weight excluding hydrogens is 314 g/mol. The summed E-state index contributed by atoms with van der Waals surface area (Å²) < 4.78 is 29.7. The summed E-state index contributed by atoms with van der Waals surface area (Å²) in [4.78, 5) is 14.7. The topological polar surface area (TPSA) is 92.9 Å². The zero-order chi connectivity index (χ0) is 15.7. The Kier molecular flexibility index (Phi) is 4.86. The number of ether oxygens (including phenoxy) is 1. The van der Waals surface area contributed by atoms with Gasteiger partial charge in [-0.15, -0.1) is 0 Å². The summed E-state index contributed by atoms with van der Waals surface area (Å²) in [5, 5.41) is 0. The van der Waals surface area contributed by atoms with Crippen molar-refractivity contribution in [3.8, 4) is 0 Å². The molecule has 2 aliphatic rings. The number of amides is 1. The van der Waals surface area contributed by atoms with Crippen LogP contribution < -0.4 is 5.73 Å². The lowest BCUT2D eigenvalue weighted by Crippen LogP contribution is -2.58. The third-order valence-electron chi connectivity index (χ3n) is 4.22. The molecule has 9 heteroatoms. The number of carbonyl (C=O) groups excluding carboxylic acids is 1. The fraction of sp³-hybridized carbons (Fsp3) is 0.833. The number of rotatable bonds is 3. The van der Waals surface area contributed by atoms with Crippen LogP contribution in [0, 0.1) is 5.41 Å². The number of carbonyl (C=O) groups is 1. The molecular formula is C12H21N3O4S2. The van der Waals surface area contributed by atoms with Crippen molar-refractivity contribution in [1.82, 2.24) is 9.21 Å². The van der Waals surface area contributed by atoms with Crippen LogP contribution in [0.3, 0.4) is 0 Å². The molecule has 0 aliphatic carbocycles. The molecule has 2 rings (SSSR count). The molecule has 0 saturated carbocycles. The van der Waals surface area contributed by atoms with E-state index in [1.165, 1.54) is 10.6 Å². The number of nitrogens with zero attached hydrogens (tertiary/aromatic N) is 2. The molecule has 2 aliphatic heterocycles. The highest BCUT2D eigenvalue weighted by Gasteiger charge is 2.46. The Morgan fingerprint density at radius 2 is 1.71 bits per heavy atom. The van der Waals surface area contributed by atoms with Crippen molar-refractivity contribution < 1.29 is 17.9 Å². The first-order valence-corrected chi connectivity index (χ1v) is 9.15. The highest BCUT2D eigenvalue weighted by molar-refractivity contribution is 7.88. The Labute approximate surface area is 130 Å². The second-order valence-corrected chi connectivity index (χ2v) is 7.94. The molecule has 1 amide bonds. The first kappa shape index (κ1) is 16.6. The second-order valence-electron chi connectivity index (χ2n) is 5.51. The zero-order valence-electron chi connectivity index (χ0n) is 12.1. The number of sulfonamides is 1. The molecule has 0 radical (unpaired) electrons. The highest BCUT2D eigenvalue weighted by atomic mass is 32.2. The van der Waals surface area contributed by atoms with Crippen LogP contribution in [0.25, 0.3) is 0 Å². The number of hydrogen-bond acceptors (Lipinski definition) is 5. The van der Waals surface area contributed by atoms with Crippen LogP contribution in [0.1, 0.15) is 12.8 Å². The molecule has 21 heavy (non-hydrogen) atoms. The molecule has 2 N–H and O–H groups in total.